The highest BCUT2D eigenvalue weighted by atomic mass is 16.2. The van der Waals surface area contributed by atoms with E-state index in [2.05, 4.69) is 34.9 Å². The smallest absolute Gasteiger partial charge is 0.240 e. The van der Waals surface area contributed by atoms with Gasteiger partial charge in [0, 0.05) is 12.5 Å². The largest absolute Gasteiger partial charge is 0.354 e. The Labute approximate surface area is 114 Å². The van der Waals surface area contributed by atoms with E-state index in [0.717, 1.165) is 32.4 Å². The average molecular weight is 258 g/mol. The minimum atomic E-state index is -0.360. The van der Waals surface area contributed by atoms with Crippen molar-refractivity contribution in [3.63, 3.8) is 0 Å². The molecule has 1 aliphatic carbocycles. The molecule has 2 N–H and O–H groups in total. The van der Waals surface area contributed by atoms with Crippen LogP contribution in [-0.2, 0) is 11.2 Å². The van der Waals surface area contributed by atoms with E-state index >= 15 is 0 Å². The fourth-order valence-corrected chi connectivity index (χ4v) is 3.21. The first-order chi connectivity index (χ1) is 9.19. The van der Waals surface area contributed by atoms with Gasteiger partial charge in [0.15, 0.2) is 0 Å². The first kappa shape index (κ1) is 12.7. The standard InChI is InChI=1S/C16H22N2O/c1-16(8-4-5-9-18-16)15(19)17-11-13-10-12-6-2-3-7-14(12)13/h2-3,6-7,13,18H,4-5,8-11H2,1H3,(H,17,19). The summed E-state index contributed by atoms with van der Waals surface area (Å²) >= 11 is 0. The summed E-state index contributed by atoms with van der Waals surface area (Å²) in [5.74, 6) is 0.670. The van der Waals surface area contributed by atoms with Crippen molar-refractivity contribution >= 4 is 5.91 Å². The lowest BCUT2D eigenvalue weighted by Crippen LogP contribution is -2.57. The minimum absolute atomic E-state index is 0.164. The van der Waals surface area contributed by atoms with E-state index in [1.165, 1.54) is 17.5 Å². The Morgan fingerprint density at radius 1 is 1.42 bits per heavy atom. The highest BCUT2D eigenvalue weighted by molar-refractivity contribution is 5.86. The van der Waals surface area contributed by atoms with Crippen molar-refractivity contribution in [2.45, 2.75) is 44.1 Å². The van der Waals surface area contributed by atoms with Crippen molar-refractivity contribution in [2.24, 2.45) is 0 Å². The molecule has 1 fully saturated rings. The van der Waals surface area contributed by atoms with E-state index < -0.39 is 0 Å². The average Bonchev–Trinajstić information content (AvgIpc) is 2.40. The van der Waals surface area contributed by atoms with E-state index in [1.54, 1.807) is 0 Å². The molecular weight excluding hydrogens is 236 g/mol. The molecule has 0 aromatic heterocycles. The summed E-state index contributed by atoms with van der Waals surface area (Å²) in [5, 5.41) is 6.50. The van der Waals surface area contributed by atoms with Gasteiger partial charge in [-0.15, -0.1) is 0 Å². The van der Waals surface area contributed by atoms with Crippen LogP contribution < -0.4 is 10.6 Å². The fourth-order valence-electron chi connectivity index (χ4n) is 3.21. The Morgan fingerprint density at radius 3 is 3.00 bits per heavy atom. The number of hydrogen-bond acceptors (Lipinski definition) is 2. The maximum Gasteiger partial charge on any atom is 0.240 e. The van der Waals surface area contributed by atoms with Gasteiger partial charge in [-0.1, -0.05) is 24.3 Å². The van der Waals surface area contributed by atoms with Crippen LogP contribution in [0, 0.1) is 0 Å². The molecule has 1 saturated heterocycles. The number of rotatable bonds is 3. The lowest BCUT2D eigenvalue weighted by Gasteiger charge is -2.35. The van der Waals surface area contributed by atoms with Crippen molar-refractivity contribution in [1.29, 1.82) is 0 Å². The molecule has 1 aliphatic heterocycles. The summed E-state index contributed by atoms with van der Waals surface area (Å²) < 4.78 is 0. The maximum absolute atomic E-state index is 12.3. The Bertz CT molecular complexity index is 477. The van der Waals surface area contributed by atoms with Gasteiger partial charge in [0.05, 0.1) is 5.54 Å². The topological polar surface area (TPSA) is 41.1 Å². The molecule has 1 amide bonds. The molecule has 0 radical (unpaired) electrons. The Kier molecular flexibility index (Phi) is 3.31. The van der Waals surface area contributed by atoms with Gasteiger partial charge >= 0.3 is 0 Å². The quantitative estimate of drug-likeness (QED) is 0.870. The van der Waals surface area contributed by atoms with E-state index in [4.69, 9.17) is 0 Å². The highest BCUT2D eigenvalue weighted by Gasteiger charge is 2.35. The van der Waals surface area contributed by atoms with Gasteiger partial charge in [0.25, 0.3) is 0 Å². The lowest BCUT2D eigenvalue weighted by molar-refractivity contribution is -0.128. The predicted molar refractivity (Wildman–Crippen MR) is 76.2 cm³/mol. The molecule has 3 nitrogen and oxygen atoms in total. The monoisotopic (exact) mass is 258 g/mol. The zero-order valence-electron chi connectivity index (χ0n) is 11.5. The van der Waals surface area contributed by atoms with Gasteiger partial charge < -0.3 is 10.6 Å². The number of nitrogens with one attached hydrogen (secondary N) is 2. The number of hydrogen-bond donors (Lipinski definition) is 2. The van der Waals surface area contributed by atoms with Crippen LogP contribution in [0.15, 0.2) is 24.3 Å². The molecule has 102 valence electrons. The van der Waals surface area contributed by atoms with Crippen LogP contribution in [0.4, 0.5) is 0 Å². The molecule has 3 heteroatoms. The third-order valence-corrected chi connectivity index (χ3v) is 4.59. The maximum atomic E-state index is 12.3. The third kappa shape index (κ3) is 2.39. The van der Waals surface area contributed by atoms with Crippen LogP contribution in [0.1, 0.15) is 43.2 Å². The van der Waals surface area contributed by atoms with Crippen LogP contribution in [0.25, 0.3) is 0 Å². The first-order valence-corrected chi connectivity index (χ1v) is 7.30. The molecular formula is C16H22N2O. The molecule has 2 unspecified atom stereocenters. The van der Waals surface area contributed by atoms with Crippen LogP contribution in [0.2, 0.25) is 0 Å². The van der Waals surface area contributed by atoms with Crippen molar-refractivity contribution in [3.05, 3.63) is 35.4 Å². The fraction of sp³-hybridized carbons (Fsp3) is 0.562. The summed E-state index contributed by atoms with van der Waals surface area (Å²) in [7, 11) is 0. The number of carbonyl (C=O) groups excluding carboxylic acids is 1. The molecule has 19 heavy (non-hydrogen) atoms. The number of amides is 1. The van der Waals surface area contributed by atoms with Crippen molar-refractivity contribution in [1.82, 2.24) is 10.6 Å². The van der Waals surface area contributed by atoms with Gasteiger partial charge in [-0.25, -0.2) is 0 Å². The van der Waals surface area contributed by atoms with Gasteiger partial charge in [0.1, 0.15) is 0 Å². The molecule has 3 rings (SSSR count). The van der Waals surface area contributed by atoms with E-state index in [-0.39, 0.29) is 11.4 Å². The predicted octanol–water partition coefficient (Wildman–Crippen LogP) is 1.97. The molecule has 0 bridgehead atoms. The first-order valence-electron chi connectivity index (χ1n) is 7.30. The zero-order valence-corrected chi connectivity index (χ0v) is 11.5. The second kappa shape index (κ2) is 4.97. The molecule has 2 atom stereocenters. The minimum Gasteiger partial charge on any atom is -0.354 e. The summed E-state index contributed by atoms with van der Waals surface area (Å²) in [5.41, 5.74) is 2.48. The summed E-state index contributed by atoms with van der Waals surface area (Å²) in [6.07, 6.45) is 4.36. The van der Waals surface area contributed by atoms with Crippen molar-refractivity contribution in [2.75, 3.05) is 13.1 Å². The van der Waals surface area contributed by atoms with Crippen molar-refractivity contribution in [3.8, 4) is 0 Å². The molecule has 1 heterocycles. The molecule has 0 spiro atoms. The normalized spacial score (nSPS) is 29.2. The summed E-state index contributed by atoms with van der Waals surface area (Å²) in [4.78, 5) is 12.3. The van der Waals surface area contributed by atoms with E-state index in [9.17, 15) is 4.79 Å². The van der Waals surface area contributed by atoms with Gasteiger partial charge in [-0.2, -0.15) is 0 Å². The molecule has 1 aromatic rings. The second-order valence-corrected chi connectivity index (χ2v) is 6.03. The van der Waals surface area contributed by atoms with Gasteiger partial charge in [0.2, 0.25) is 5.91 Å². The van der Waals surface area contributed by atoms with Crippen LogP contribution >= 0.6 is 0 Å². The summed E-state index contributed by atoms with van der Waals surface area (Å²) in [6.45, 7) is 3.75. The van der Waals surface area contributed by atoms with Crippen LogP contribution in [-0.4, -0.2) is 24.5 Å². The Hall–Kier alpha value is -1.35. The number of fused-ring (bicyclic) bond motifs is 1. The number of carbonyl (C=O) groups is 1. The highest BCUT2D eigenvalue weighted by Crippen LogP contribution is 2.34. The third-order valence-electron chi connectivity index (χ3n) is 4.59. The van der Waals surface area contributed by atoms with Crippen LogP contribution in [0.3, 0.4) is 0 Å². The number of benzene rings is 1. The Balaban J connectivity index is 1.55. The second-order valence-electron chi connectivity index (χ2n) is 6.03. The Morgan fingerprint density at radius 2 is 2.26 bits per heavy atom. The number of piperidine rings is 1. The van der Waals surface area contributed by atoms with Crippen LogP contribution in [0.5, 0.6) is 0 Å². The summed E-state index contributed by atoms with van der Waals surface area (Å²) in [6, 6.07) is 8.52. The lowest BCUT2D eigenvalue weighted by atomic mass is 9.77. The van der Waals surface area contributed by atoms with E-state index in [0.29, 0.717) is 5.92 Å². The molecule has 1 aromatic carbocycles. The van der Waals surface area contributed by atoms with Gasteiger partial charge in [-0.05, 0) is 50.3 Å². The van der Waals surface area contributed by atoms with Gasteiger partial charge in [-0.3, -0.25) is 4.79 Å². The molecule has 2 aliphatic rings. The SMILES string of the molecule is CC1(C(=O)NCC2Cc3ccccc32)CCCCN1. The zero-order chi connectivity index (χ0) is 13.3. The molecule has 0 saturated carbocycles. The van der Waals surface area contributed by atoms with E-state index in [1.807, 2.05) is 6.92 Å². The van der Waals surface area contributed by atoms with Crippen molar-refractivity contribution < 1.29 is 4.79 Å².